The summed E-state index contributed by atoms with van der Waals surface area (Å²) in [6.07, 6.45) is -6.03. The molecular formula is C18H35N5O8. The fourth-order valence-electron chi connectivity index (χ4n) is 4.08. The zero-order valence-corrected chi connectivity index (χ0v) is 17.1. The predicted molar refractivity (Wildman–Crippen MR) is 107 cm³/mol. The molecule has 31 heavy (non-hydrogen) atoms. The Hall–Kier alpha value is -0.780. The van der Waals surface area contributed by atoms with Crippen molar-refractivity contribution in [3.63, 3.8) is 0 Å². The number of aliphatic hydroxyl groups is 4. The molecule has 14 N–H and O–H groups in total. The minimum atomic E-state index is -1.42. The van der Waals surface area contributed by atoms with E-state index < -0.39 is 80.0 Å². The van der Waals surface area contributed by atoms with Crippen molar-refractivity contribution in [2.24, 2.45) is 28.7 Å². The Bertz CT molecular complexity index is 615. The third-order valence-corrected chi connectivity index (χ3v) is 5.98. The molecule has 0 aromatic heterocycles. The zero-order chi connectivity index (χ0) is 22.9. The summed E-state index contributed by atoms with van der Waals surface area (Å²) in [5.74, 6) is 0. The van der Waals surface area contributed by atoms with Gasteiger partial charge in [-0.05, 0) is 6.42 Å². The summed E-state index contributed by atoms with van der Waals surface area (Å²) in [5, 5.41) is 40.7. The smallest absolute Gasteiger partial charge is 0.186 e. The zero-order valence-electron chi connectivity index (χ0n) is 17.1. The summed E-state index contributed by atoms with van der Waals surface area (Å²) < 4.78 is 22.8. The fourth-order valence-corrected chi connectivity index (χ4v) is 4.08. The summed E-state index contributed by atoms with van der Waals surface area (Å²) in [6.45, 7) is -0.307. The highest BCUT2D eigenvalue weighted by Gasteiger charge is 2.49. The fraction of sp³-hybridized carbons (Fsp3) is 0.889. The molecule has 0 bridgehead atoms. The second-order valence-corrected chi connectivity index (χ2v) is 8.28. The molecule has 13 atom stereocenters. The molecule has 2 heterocycles. The lowest BCUT2D eigenvalue weighted by atomic mass is 9.84. The Morgan fingerprint density at radius 1 is 0.839 bits per heavy atom. The lowest BCUT2D eigenvalue weighted by molar-refractivity contribution is -0.311. The third kappa shape index (κ3) is 5.25. The van der Waals surface area contributed by atoms with Crippen molar-refractivity contribution in [2.75, 3.05) is 13.2 Å². The van der Waals surface area contributed by atoms with Crippen LogP contribution in [0.15, 0.2) is 12.2 Å². The van der Waals surface area contributed by atoms with Crippen LogP contribution in [0.4, 0.5) is 0 Å². The van der Waals surface area contributed by atoms with E-state index in [1.54, 1.807) is 12.2 Å². The van der Waals surface area contributed by atoms with Gasteiger partial charge in [-0.3, -0.25) is 0 Å². The minimum Gasteiger partial charge on any atom is -0.394 e. The van der Waals surface area contributed by atoms with Crippen LogP contribution in [0.5, 0.6) is 0 Å². The van der Waals surface area contributed by atoms with E-state index in [0.717, 1.165) is 0 Å². The van der Waals surface area contributed by atoms with Crippen LogP contribution in [0.1, 0.15) is 6.42 Å². The van der Waals surface area contributed by atoms with Gasteiger partial charge in [-0.2, -0.15) is 0 Å². The highest BCUT2D eigenvalue weighted by molar-refractivity contribution is 5.05. The first-order valence-corrected chi connectivity index (χ1v) is 10.4. The monoisotopic (exact) mass is 449 g/mol. The van der Waals surface area contributed by atoms with Crippen molar-refractivity contribution in [1.82, 2.24) is 0 Å². The molecule has 2 fully saturated rings. The maximum absolute atomic E-state index is 11.0. The Morgan fingerprint density at radius 3 is 2.03 bits per heavy atom. The summed E-state index contributed by atoms with van der Waals surface area (Å²) in [7, 11) is 0. The van der Waals surface area contributed by atoms with Crippen LogP contribution in [0, 0.1) is 0 Å². The van der Waals surface area contributed by atoms with Gasteiger partial charge in [0.25, 0.3) is 0 Å². The molecule has 1 aliphatic carbocycles. The van der Waals surface area contributed by atoms with E-state index in [1.165, 1.54) is 0 Å². The Labute approximate surface area is 180 Å². The first kappa shape index (κ1) is 24.9. The molecule has 0 aromatic rings. The number of nitrogens with two attached hydrogens (primary N) is 5. The van der Waals surface area contributed by atoms with E-state index in [4.69, 9.17) is 47.6 Å². The maximum Gasteiger partial charge on any atom is 0.186 e. The third-order valence-electron chi connectivity index (χ3n) is 5.98. The molecule has 1 saturated heterocycles. The molecule has 1 saturated carbocycles. The van der Waals surface area contributed by atoms with Crippen molar-refractivity contribution in [1.29, 1.82) is 0 Å². The van der Waals surface area contributed by atoms with E-state index in [0.29, 0.717) is 0 Å². The van der Waals surface area contributed by atoms with Crippen LogP contribution in [-0.2, 0) is 18.9 Å². The molecule has 180 valence electrons. The van der Waals surface area contributed by atoms with Crippen molar-refractivity contribution in [3.05, 3.63) is 12.2 Å². The van der Waals surface area contributed by atoms with Crippen LogP contribution >= 0.6 is 0 Å². The van der Waals surface area contributed by atoms with Crippen molar-refractivity contribution in [2.45, 2.75) is 85.9 Å². The quantitative estimate of drug-likeness (QED) is 0.172. The largest absolute Gasteiger partial charge is 0.394 e. The van der Waals surface area contributed by atoms with Crippen LogP contribution < -0.4 is 28.7 Å². The first-order valence-electron chi connectivity index (χ1n) is 10.4. The van der Waals surface area contributed by atoms with Crippen LogP contribution in [0.3, 0.4) is 0 Å². The molecule has 0 radical (unpaired) electrons. The van der Waals surface area contributed by atoms with E-state index >= 15 is 0 Å². The molecule has 2 aliphatic heterocycles. The summed E-state index contributed by atoms with van der Waals surface area (Å²) >= 11 is 0. The molecule has 0 spiro atoms. The summed E-state index contributed by atoms with van der Waals surface area (Å²) in [4.78, 5) is 0. The van der Waals surface area contributed by atoms with Crippen molar-refractivity contribution in [3.8, 4) is 0 Å². The van der Waals surface area contributed by atoms with Gasteiger partial charge in [0.2, 0.25) is 0 Å². The molecule has 3 aliphatic rings. The maximum atomic E-state index is 11.0. The summed E-state index contributed by atoms with van der Waals surface area (Å²) in [6, 6.07) is -3.08. The van der Waals surface area contributed by atoms with Crippen LogP contribution in [0.25, 0.3) is 0 Å². The second-order valence-electron chi connectivity index (χ2n) is 8.28. The van der Waals surface area contributed by atoms with Gasteiger partial charge < -0.3 is 68.0 Å². The second kappa shape index (κ2) is 10.4. The number of ether oxygens (including phenoxy) is 4. The minimum absolute atomic E-state index is 0.228. The van der Waals surface area contributed by atoms with Gasteiger partial charge in [0.1, 0.15) is 36.6 Å². The highest BCUT2D eigenvalue weighted by atomic mass is 16.7. The average molecular weight is 450 g/mol. The van der Waals surface area contributed by atoms with Crippen LogP contribution in [0.2, 0.25) is 0 Å². The van der Waals surface area contributed by atoms with E-state index in [1.807, 2.05) is 0 Å². The SMILES string of the molecule is NCC1C=CC(N)C(OC2C(N)CC(N)C(OC3OC(CO)C(O)C(N)C3O)C2O)O1. The topological polar surface area (TPSA) is 248 Å². The lowest BCUT2D eigenvalue weighted by Gasteiger charge is -2.47. The van der Waals surface area contributed by atoms with Crippen molar-refractivity contribution >= 4 is 0 Å². The van der Waals surface area contributed by atoms with Gasteiger partial charge in [0, 0.05) is 18.6 Å². The van der Waals surface area contributed by atoms with E-state index in [9.17, 15) is 20.4 Å². The Morgan fingerprint density at radius 2 is 1.45 bits per heavy atom. The molecule has 13 heteroatoms. The average Bonchev–Trinajstić information content (AvgIpc) is 2.75. The lowest BCUT2D eigenvalue weighted by Crippen LogP contribution is -2.68. The van der Waals surface area contributed by atoms with Gasteiger partial charge in [0.15, 0.2) is 12.6 Å². The highest BCUT2D eigenvalue weighted by Crippen LogP contribution is 2.29. The van der Waals surface area contributed by atoms with Gasteiger partial charge >= 0.3 is 0 Å². The van der Waals surface area contributed by atoms with Gasteiger partial charge in [-0.15, -0.1) is 0 Å². The number of hydrogen-bond acceptors (Lipinski definition) is 13. The molecule has 0 aromatic carbocycles. The number of hydrogen-bond donors (Lipinski definition) is 9. The normalized spacial score (nSPS) is 51.1. The molecule has 3 rings (SSSR count). The predicted octanol–water partition coefficient (Wildman–Crippen LogP) is -5.49. The van der Waals surface area contributed by atoms with E-state index in [2.05, 4.69) is 0 Å². The van der Waals surface area contributed by atoms with E-state index in [-0.39, 0.29) is 19.1 Å². The van der Waals surface area contributed by atoms with Gasteiger partial charge in [-0.1, -0.05) is 12.2 Å². The summed E-state index contributed by atoms with van der Waals surface area (Å²) in [5.41, 5.74) is 29.8. The Balaban J connectivity index is 1.70. The molecule has 13 unspecified atom stereocenters. The van der Waals surface area contributed by atoms with Gasteiger partial charge in [-0.25, -0.2) is 0 Å². The number of aliphatic hydroxyl groups excluding tert-OH is 4. The number of rotatable bonds is 6. The molecule has 0 amide bonds. The molecular weight excluding hydrogens is 414 g/mol. The van der Waals surface area contributed by atoms with Gasteiger partial charge in [0.05, 0.1) is 24.8 Å². The molecule has 13 nitrogen and oxygen atoms in total. The van der Waals surface area contributed by atoms with Crippen LogP contribution in [-0.4, -0.2) is 113 Å². The first-order chi connectivity index (χ1) is 14.7. The standard InChI is InChI=1S/C18H35N5O8/c19-4-6-1-2-7(20)17(28-6)30-15-8(21)3-9(22)16(14(15)27)31-18-13(26)11(23)12(25)10(5-24)29-18/h1-2,6-18,24-27H,3-5,19-23H2. The van der Waals surface area contributed by atoms with Crippen molar-refractivity contribution < 1.29 is 39.4 Å². The Kier molecular flexibility index (Phi) is 8.37.